The van der Waals surface area contributed by atoms with E-state index in [0.717, 1.165) is 0 Å². The van der Waals surface area contributed by atoms with Crippen molar-refractivity contribution in [3.63, 3.8) is 0 Å². The van der Waals surface area contributed by atoms with Crippen LogP contribution in [0.3, 0.4) is 0 Å². The summed E-state index contributed by atoms with van der Waals surface area (Å²) in [6.07, 6.45) is -0.655. The topological polar surface area (TPSA) is 67.4 Å². The minimum atomic E-state index is -0.655. The molecule has 0 heterocycles. The number of hydrogen-bond acceptors (Lipinski definition) is 3. The summed E-state index contributed by atoms with van der Waals surface area (Å²) >= 11 is 0. The van der Waals surface area contributed by atoms with Crippen LogP contribution in [0.2, 0.25) is 0 Å². The van der Waals surface area contributed by atoms with E-state index in [4.69, 9.17) is 0 Å². The summed E-state index contributed by atoms with van der Waals surface area (Å²) in [5.74, 6) is -0.411. The highest BCUT2D eigenvalue weighted by molar-refractivity contribution is 5.74. The van der Waals surface area contributed by atoms with Gasteiger partial charge in [0.15, 0.2) is 0 Å². The molecule has 5 heteroatoms. The second-order valence-electron chi connectivity index (χ2n) is 1.58. The molecule has 5 nitrogen and oxygen atoms in total. The summed E-state index contributed by atoms with van der Waals surface area (Å²) in [5.41, 5.74) is 1.88. The third-order valence-electron chi connectivity index (χ3n) is 0.609. The Bertz CT molecular complexity index is 135. The highest BCUT2D eigenvalue weighted by Gasteiger charge is 1.98. The summed E-state index contributed by atoms with van der Waals surface area (Å²) in [4.78, 5) is 24.7. The largest absolute Gasteiger partial charge is 0.431 e. The van der Waals surface area contributed by atoms with Crippen LogP contribution in [0.4, 0.5) is 4.79 Å². The molecule has 58 valence electrons. The monoisotopic (exact) mass is 146 g/mol. The Morgan fingerprint density at radius 2 is 2.10 bits per heavy atom. The molecule has 2 N–H and O–H groups in total. The van der Waals surface area contributed by atoms with Gasteiger partial charge in [-0.15, -0.1) is 0 Å². The van der Waals surface area contributed by atoms with Crippen molar-refractivity contribution in [3.05, 3.63) is 0 Å². The highest BCUT2D eigenvalue weighted by Crippen LogP contribution is 1.70. The molecule has 0 atom stereocenters. The van der Waals surface area contributed by atoms with Gasteiger partial charge in [-0.25, -0.2) is 4.79 Å². The maximum absolute atomic E-state index is 10.4. The van der Waals surface area contributed by atoms with Gasteiger partial charge in [-0.2, -0.15) is 5.48 Å². The van der Waals surface area contributed by atoms with Crippen LogP contribution in [0.15, 0.2) is 0 Å². The van der Waals surface area contributed by atoms with E-state index in [1.165, 1.54) is 6.92 Å². The summed E-state index contributed by atoms with van der Waals surface area (Å²) in [5, 5.41) is 2.33. The van der Waals surface area contributed by atoms with Gasteiger partial charge in [0.2, 0.25) is 5.91 Å². The van der Waals surface area contributed by atoms with Gasteiger partial charge in [0.25, 0.3) is 0 Å². The minimum Gasteiger partial charge on any atom is -0.322 e. The SMILES string of the molecule is CCNC(=O)ONC(C)=O. The maximum Gasteiger partial charge on any atom is 0.431 e. The number of hydroxylamine groups is 1. The Hall–Kier alpha value is -1.26. The van der Waals surface area contributed by atoms with Crippen LogP contribution in [-0.4, -0.2) is 18.5 Å². The van der Waals surface area contributed by atoms with Crippen molar-refractivity contribution in [2.45, 2.75) is 13.8 Å². The van der Waals surface area contributed by atoms with Crippen LogP contribution >= 0.6 is 0 Å². The highest BCUT2D eigenvalue weighted by atomic mass is 16.7. The minimum absolute atomic E-state index is 0.411. The molecule has 10 heavy (non-hydrogen) atoms. The quantitative estimate of drug-likeness (QED) is 0.503. The lowest BCUT2D eigenvalue weighted by molar-refractivity contribution is -0.127. The van der Waals surface area contributed by atoms with Crippen LogP contribution in [-0.2, 0) is 9.63 Å². The number of nitrogens with one attached hydrogen (secondary N) is 2. The second-order valence-corrected chi connectivity index (χ2v) is 1.58. The number of carbonyl (C=O) groups is 2. The summed E-state index contributed by atoms with van der Waals surface area (Å²) in [7, 11) is 0. The predicted molar refractivity (Wildman–Crippen MR) is 34.0 cm³/mol. The molecule has 0 aromatic rings. The fraction of sp³-hybridized carbons (Fsp3) is 0.600. The van der Waals surface area contributed by atoms with Gasteiger partial charge < -0.3 is 10.2 Å². The fourth-order valence-corrected chi connectivity index (χ4v) is 0.299. The van der Waals surface area contributed by atoms with E-state index in [2.05, 4.69) is 10.2 Å². The average Bonchev–Trinajstić information content (AvgIpc) is 1.85. The van der Waals surface area contributed by atoms with Crippen LogP contribution in [0.5, 0.6) is 0 Å². The van der Waals surface area contributed by atoms with Gasteiger partial charge >= 0.3 is 6.09 Å². The molecule has 0 unspecified atom stereocenters. The zero-order valence-corrected chi connectivity index (χ0v) is 5.93. The van der Waals surface area contributed by atoms with Crippen molar-refractivity contribution in [3.8, 4) is 0 Å². The standard InChI is InChI=1S/C5H10N2O3/c1-3-6-5(9)10-7-4(2)8/h3H2,1-2H3,(H,6,9)(H,7,8). The first-order chi connectivity index (χ1) is 4.66. The molecular weight excluding hydrogens is 136 g/mol. The molecule has 0 aromatic heterocycles. The predicted octanol–water partition coefficient (Wildman–Crippen LogP) is -0.216. The third-order valence-corrected chi connectivity index (χ3v) is 0.609. The van der Waals surface area contributed by atoms with Crippen molar-refractivity contribution >= 4 is 12.0 Å². The Morgan fingerprint density at radius 3 is 2.50 bits per heavy atom. The van der Waals surface area contributed by atoms with Crippen LogP contribution in [0, 0.1) is 0 Å². The summed E-state index contributed by atoms with van der Waals surface area (Å²) in [6.45, 7) is 3.46. The molecule has 0 aliphatic rings. The van der Waals surface area contributed by atoms with E-state index in [-0.39, 0.29) is 0 Å². The molecular formula is C5H10N2O3. The fourth-order valence-electron chi connectivity index (χ4n) is 0.299. The van der Waals surface area contributed by atoms with Crippen LogP contribution in [0.25, 0.3) is 0 Å². The number of rotatable bonds is 1. The molecule has 0 aliphatic heterocycles. The molecule has 0 radical (unpaired) electrons. The van der Waals surface area contributed by atoms with E-state index in [9.17, 15) is 9.59 Å². The summed E-state index contributed by atoms with van der Waals surface area (Å²) in [6, 6.07) is 0. The molecule has 0 saturated heterocycles. The van der Waals surface area contributed by atoms with Crippen molar-refractivity contribution in [1.82, 2.24) is 10.8 Å². The smallest absolute Gasteiger partial charge is 0.322 e. The van der Waals surface area contributed by atoms with E-state index in [1.54, 1.807) is 6.92 Å². The van der Waals surface area contributed by atoms with Gasteiger partial charge in [-0.1, -0.05) is 0 Å². The molecule has 0 spiro atoms. The Morgan fingerprint density at radius 1 is 1.50 bits per heavy atom. The zero-order valence-electron chi connectivity index (χ0n) is 5.93. The number of carbonyl (C=O) groups excluding carboxylic acids is 2. The van der Waals surface area contributed by atoms with Gasteiger partial charge in [-0.05, 0) is 6.92 Å². The number of hydrogen-bond donors (Lipinski definition) is 2. The maximum atomic E-state index is 10.4. The molecule has 2 amide bonds. The zero-order chi connectivity index (χ0) is 7.98. The molecule has 0 rings (SSSR count). The van der Waals surface area contributed by atoms with Gasteiger partial charge in [0.05, 0.1) is 0 Å². The van der Waals surface area contributed by atoms with E-state index in [0.29, 0.717) is 6.54 Å². The second kappa shape index (κ2) is 4.60. The molecule has 0 bridgehead atoms. The van der Waals surface area contributed by atoms with Crippen LogP contribution in [0.1, 0.15) is 13.8 Å². The van der Waals surface area contributed by atoms with Crippen LogP contribution < -0.4 is 10.8 Å². The summed E-state index contributed by atoms with van der Waals surface area (Å²) < 4.78 is 0. The molecule has 0 aliphatic carbocycles. The molecule has 0 aromatic carbocycles. The van der Waals surface area contributed by atoms with Crippen molar-refractivity contribution in [2.75, 3.05) is 6.54 Å². The van der Waals surface area contributed by atoms with Gasteiger partial charge in [0, 0.05) is 13.5 Å². The van der Waals surface area contributed by atoms with E-state index < -0.39 is 12.0 Å². The first kappa shape index (κ1) is 8.74. The molecule has 0 saturated carbocycles. The molecule has 0 fully saturated rings. The van der Waals surface area contributed by atoms with Crippen molar-refractivity contribution < 1.29 is 14.4 Å². The van der Waals surface area contributed by atoms with Gasteiger partial charge in [-0.3, -0.25) is 4.79 Å². The van der Waals surface area contributed by atoms with E-state index >= 15 is 0 Å². The first-order valence-electron chi connectivity index (χ1n) is 2.88. The van der Waals surface area contributed by atoms with E-state index in [1.807, 2.05) is 5.48 Å². The Labute approximate surface area is 58.7 Å². The van der Waals surface area contributed by atoms with Crippen molar-refractivity contribution in [2.24, 2.45) is 0 Å². The van der Waals surface area contributed by atoms with Gasteiger partial charge in [0.1, 0.15) is 0 Å². The lowest BCUT2D eigenvalue weighted by Gasteiger charge is -2.01. The first-order valence-corrected chi connectivity index (χ1v) is 2.88. The Balaban J connectivity index is 3.30. The normalized spacial score (nSPS) is 8.20. The lowest BCUT2D eigenvalue weighted by Crippen LogP contribution is -2.32. The third kappa shape index (κ3) is 4.89. The number of amides is 2. The lowest BCUT2D eigenvalue weighted by atomic mass is 10.7. The van der Waals surface area contributed by atoms with Crippen molar-refractivity contribution in [1.29, 1.82) is 0 Å². The Kier molecular flexibility index (Phi) is 4.02. The average molecular weight is 146 g/mol.